The van der Waals surface area contributed by atoms with Gasteiger partial charge in [0, 0.05) is 22.6 Å². The summed E-state index contributed by atoms with van der Waals surface area (Å²) in [7, 11) is 0. The van der Waals surface area contributed by atoms with Crippen LogP contribution < -0.4 is 10.6 Å². The number of amides is 2. The summed E-state index contributed by atoms with van der Waals surface area (Å²) in [5, 5.41) is 9.43. The fourth-order valence-corrected chi connectivity index (χ4v) is 3.78. The minimum absolute atomic E-state index is 0.103. The Morgan fingerprint density at radius 1 is 1.19 bits per heavy atom. The van der Waals surface area contributed by atoms with Crippen LogP contribution in [0.25, 0.3) is 0 Å². The fourth-order valence-electron chi connectivity index (χ4n) is 3.03. The van der Waals surface area contributed by atoms with E-state index >= 15 is 0 Å². The normalized spacial score (nSPS) is 14.8. The number of benzene rings is 1. The number of aromatic nitrogens is 1. The molecule has 0 bridgehead atoms. The number of carbonyl (C=O) groups is 2. The SMILES string of the molecule is Cc1cc(NC(=O)CSc2cccc(NC(=O)C3CCCCC3)c2)no1. The van der Waals surface area contributed by atoms with E-state index in [9.17, 15) is 9.59 Å². The summed E-state index contributed by atoms with van der Waals surface area (Å²) in [6, 6.07) is 9.26. The predicted molar refractivity (Wildman–Crippen MR) is 102 cm³/mol. The van der Waals surface area contributed by atoms with Crippen LogP contribution in [0.2, 0.25) is 0 Å². The van der Waals surface area contributed by atoms with Crippen molar-refractivity contribution in [3.8, 4) is 0 Å². The number of nitrogens with zero attached hydrogens (tertiary/aromatic N) is 1. The van der Waals surface area contributed by atoms with Crippen LogP contribution in [0.4, 0.5) is 11.5 Å². The molecular weight excluding hydrogens is 350 g/mol. The third-order valence-corrected chi connectivity index (χ3v) is 5.34. The van der Waals surface area contributed by atoms with Crippen LogP contribution in [0.15, 0.2) is 39.8 Å². The number of thioether (sulfide) groups is 1. The van der Waals surface area contributed by atoms with Crippen molar-refractivity contribution in [2.75, 3.05) is 16.4 Å². The predicted octanol–water partition coefficient (Wildman–Crippen LogP) is 4.23. The van der Waals surface area contributed by atoms with E-state index in [4.69, 9.17) is 4.52 Å². The molecule has 26 heavy (non-hydrogen) atoms. The highest BCUT2D eigenvalue weighted by Gasteiger charge is 2.21. The van der Waals surface area contributed by atoms with Crippen LogP contribution >= 0.6 is 11.8 Å². The first-order valence-corrected chi connectivity index (χ1v) is 9.85. The first-order valence-electron chi connectivity index (χ1n) is 8.87. The van der Waals surface area contributed by atoms with Crippen LogP contribution in [0.3, 0.4) is 0 Å². The van der Waals surface area contributed by atoms with Crippen molar-refractivity contribution in [2.45, 2.75) is 43.9 Å². The molecule has 1 heterocycles. The molecule has 2 N–H and O–H groups in total. The van der Waals surface area contributed by atoms with Gasteiger partial charge in [-0.25, -0.2) is 0 Å². The molecule has 0 saturated heterocycles. The molecule has 0 atom stereocenters. The van der Waals surface area contributed by atoms with Gasteiger partial charge in [0.05, 0.1) is 5.75 Å². The lowest BCUT2D eigenvalue weighted by Gasteiger charge is -2.20. The zero-order valence-electron chi connectivity index (χ0n) is 14.8. The van der Waals surface area contributed by atoms with Crippen molar-refractivity contribution in [1.82, 2.24) is 5.16 Å². The van der Waals surface area contributed by atoms with E-state index in [0.717, 1.165) is 36.3 Å². The zero-order valence-corrected chi connectivity index (χ0v) is 15.6. The maximum atomic E-state index is 12.4. The monoisotopic (exact) mass is 373 g/mol. The van der Waals surface area contributed by atoms with Gasteiger partial charge in [0.2, 0.25) is 11.8 Å². The van der Waals surface area contributed by atoms with Gasteiger partial charge in [-0.05, 0) is 38.0 Å². The first-order chi connectivity index (χ1) is 12.6. The number of carbonyl (C=O) groups excluding carboxylic acids is 2. The van der Waals surface area contributed by atoms with Gasteiger partial charge >= 0.3 is 0 Å². The second kappa shape index (κ2) is 8.89. The third kappa shape index (κ3) is 5.36. The minimum Gasteiger partial charge on any atom is -0.360 e. The molecule has 2 aromatic rings. The van der Waals surface area contributed by atoms with E-state index in [0.29, 0.717) is 11.6 Å². The third-order valence-electron chi connectivity index (χ3n) is 4.34. The van der Waals surface area contributed by atoms with Crippen LogP contribution in [-0.2, 0) is 9.59 Å². The molecule has 1 aliphatic carbocycles. The highest BCUT2D eigenvalue weighted by molar-refractivity contribution is 8.00. The van der Waals surface area contributed by atoms with E-state index in [1.807, 2.05) is 24.3 Å². The van der Waals surface area contributed by atoms with Gasteiger partial charge in [-0.15, -0.1) is 11.8 Å². The number of nitrogens with one attached hydrogen (secondary N) is 2. The summed E-state index contributed by atoms with van der Waals surface area (Å²) in [6.07, 6.45) is 5.44. The smallest absolute Gasteiger partial charge is 0.235 e. The summed E-state index contributed by atoms with van der Waals surface area (Å²) in [4.78, 5) is 25.3. The maximum Gasteiger partial charge on any atom is 0.235 e. The minimum atomic E-state index is -0.153. The van der Waals surface area contributed by atoms with Crippen molar-refractivity contribution in [3.63, 3.8) is 0 Å². The lowest BCUT2D eigenvalue weighted by molar-refractivity contribution is -0.120. The highest BCUT2D eigenvalue weighted by Crippen LogP contribution is 2.26. The van der Waals surface area contributed by atoms with Crippen LogP contribution in [0.5, 0.6) is 0 Å². The molecule has 138 valence electrons. The van der Waals surface area contributed by atoms with Gasteiger partial charge in [0.15, 0.2) is 5.82 Å². The van der Waals surface area contributed by atoms with Gasteiger partial charge < -0.3 is 15.2 Å². The van der Waals surface area contributed by atoms with E-state index in [1.165, 1.54) is 18.2 Å². The average Bonchev–Trinajstić information content (AvgIpc) is 3.06. The Bertz CT molecular complexity index is 769. The second-order valence-corrected chi connectivity index (χ2v) is 7.56. The summed E-state index contributed by atoms with van der Waals surface area (Å²) >= 11 is 1.41. The molecule has 7 heteroatoms. The number of aryl methyl sites for hydroxylation is 1. The van der Waals surface area contributed by atoms with E-state index < -0.39 is 0 Å². The van der Waals surface area contributed by atoms with E-state index in [1.54, 1.807) is 13.0 Å². The molecule has 1 saturated carbocycles. The summed E-state index contributed by atoms with van der Waals surface area (Å²) in [5.41, 5.74) is 0.776. The fraction of sp³-hybridized carbons (Fsp3) is 0.421. The average molecular weight is 373 g/mol. The number of anilines is 2. The molecule has 0 aliphatic heterocycles. The highest BCUT2D eigenvalue weighted by atomic mass is 32.2. The van der Waals surface area contributed by atoms with Crippen molar-refractivity contribution in [1.29, 1.82) is 0 Å². The number of hydrogen-bond donors (Lipinski definition) is 2. The topological polar surface area (TPSA) is 84.2 Å². The lowest BCUT2D eigenvalue weighted by atomic mass is 9.88. The molecule has 0 spiro atoms. The van der Waals surface area contributed by atoms with Crippen LogP contribution in [0.1, 0.15) is 37.9 Å². The second-order valence-electron chi connectivity index (χ2n) is 6.51. The van der Waals surface area contributed by atoms with Gasteiger partial charge in [-0.2, -0.15) is 0 Å². The first kappa shape index (κ1) is 18.5. The standard InChI is InChI=1S/C19H23N3O3S/c1-13-10-17(22-25-13)21-18(23)12-26-16-9-5-8-15(11-16)20-19(24)14-6-3-2-4-7-14/h5,8-11,14H,2-4,6-7,12H2,1H3,(H,20,24)(H,21,22,23). The van der Waals surface area contributed by atoms with Crippen LogP contribution in [-0.4, -0.2) is 22.7 Å². The molecular formula is C19H23N3O3S. The quantitative estimate of drug-likeness (QED) is 0.740. The van der Waals surface area contributed by atoms with Crippen molar-refractivity contribution < 1.29 is 14.1 Å². The van der Waals surface area contributed by atoms with Gasteiger partial charge in [0.25, 0.3) is 0 Å². The Hall–Kier alpha value is -2.28. The zero-order chi connectivity index (χ0) is 18.4. The Morgan fingerprint density at radius 2 is 2.00 bits per heavy atom. The number of hydrogen-bond acceptors (Lipinski definition) is 5. The lowest BCUT2D eigenvalue weighted by Crippen LogP contribution is -2.24. The van der Waals surface area contributed by atoms with Gasteiger partial charge in [0.1, 0.15) is 5.76 Å². The van der Waals surface area contributed by atoms with Gasteiger partial charge in [-0.3, -0.25) is 9.59 Å². The summed E-state index contributed by atoms with van der Waals surface area (Å²) < 4.78 is 4.92. The molecule has 2 amide bonds. The van der Waals surface area contributed by atoms with Crippen molar-refractivity contribution in [2.24, 2.45) is 5.92 Å². The molecule has 0 unspecified atom stereocenters. The van der Waals surface area contributed by atoms with E-state index in [2.05, 4.69) is 15.8 Å². The largest absolute Gasteiger partial charge is 0.360 e. The summed E-state index contributed by atoms with van der Waals surface area (Å²) in [5.74, 6) is 1.39. The molecule has 1 fully saturated rings. The van der Waals surface area contributed by atoms with E-state index in [-0.39, 0.29) is 23.5 Å². The molecule has 0 radical (unpaired) electrons. The Labute approximate surface area is 157 Å². The maximum absolute atomic E-state index is 12.4. The molecule has 6 nitrogen and oxygen atoms in total. The molecule has 1 aromatic heterocycles. The molecule has 1 aromatic carbocycles. The molecule has 1 aliphatic rings. The van der Waals surface area contributed by atoms with Crippen molar-refractivity contribution in [3.05, 3.63) is 36.1 Å². The Balaban J connectivity index is 1.50. The van der Waals surface area contributed by atoms with Crippen LogP contribution in [0, 0.1) is 12.8 Å². The Kier molecular flexibility index (Phi) is 6.33. The van der Waals surface area contributed by atoms with Crippen molar-refractivity contribution >= 4 is 35.1 Å². The van der Waals surface area contributed by atoms with Gasteiger partial charge in [-0.1, -0.05) is 30.5 Å². The summed E-state index contributed by atoms with van der Waals surface area (Å²) in [6.45, 7) is 1.77. The molecule has 3 rings (SSSR count). The number of rotatable bonds is 6. The Morgan fingerprint density at radius 3 is 2.73 bits per heavy atom.